The highest BCUT2D eigenvalue weighted by atomic mass is 16.5. The van der Waals surface area contributed by atoms with Crippen molar-refractivity contribution in [3.05, 3.63) is 48.0 Å². The topological polar surface area (TPSA) is 21.3 Å². The van der Waals surface area contributed by atoms with E-state index in [1.807, 2.05) is 20.0 Å². The molecule has 0 radical (unpaired) electrons. The van der Waals surface area contributed by atoms with Crippen LogP contribution in [0.25, 0.3) is 11.1 Å². The van der Waals surface area contributed by atoms with Gasteiger partial charge in [-0.15, -0.1) is 0 Å². The quantitative estimate of drug-likeness (QED) is 0.870. The first kappa shape index (κ1) is 12.5. The van der Waals surface area contributed by atoms with Crippen LogP contribution in [0.1, 0.15) is 12.5 Å². The maximum atomic E-state index is 5.56. The summed E-state index contributed by atoms with van der Waals surface area (Å²) in [6, 6.07) is 14.7. The third-order valence-electron chi connectivity index (χ3n) is 2.96. The highest BCUT2D eigenvalue weighted by molar-refractivity contribution is 5.69. The van der Waals surface area contributed by atoms with Crippen molar-refractivity contribution in [1.29, 1.82) is 0 Å². The molecule has 2 heteroatoms. The zero-order chi connectivity index (χ0) is 13.0. The van der Waals surface area contributed by atoms with Crippen LogP contribution in [0.2, 0.25) is 0 Å². The Morgan fingerprint density at radius 2 is 1.83 bits per heavy atom. The summed E-state index contributed by atoms with van der Waals surface area (Å²) in [7, 11) is 1.93. The molecule has 0 spiro atoms. The molecule has 0 atom stereocenters. The van der Waals surface area contributed by atoms with Gasteiger partial charge in [-0.2, -0.15) is 0 Å². The number of rotatable bonds is 4. The molecule has 0 aliphatic heterocycles. The molecule has 0 bridgehead atoms. The number of ether oxygens (including phenoxy) is 1. The molecule has 0 amide bonds. The van der Waals surface area contributed by atoms with Crippen molar-refractivity contribution in [3.8, 4) is 16.9 Å². The average molecular weight is 241 g/mol. The molecule has 0 fully saturated rings. The van der Waals surface area contributed by atoms with Crippen molar-refractivity contribution < 1.29 is 4.74 Å². The van der Waals surface area contributed by atoms with Gasteiger partial charge in [0.15, 0.2) is 0 Å². The predicted molar refractivity (Wildman–Crippen MR) is 77.3 cm³/mol. The summed E-state index contributed by atoms with van der Waals surface area (Å²) in [5.41, 5.74) is 4.73. The van der Waals surface area contributed by atoms with E-state index in [1.165, 1.54) is 16.7 Å². The van der Waals surface area contributed by atoms with E-state index in [0.29, 0.717) is 6.61 Å². The Balaban J connectivity index is 2.35. The number of nitrogens with one attached hydrogen (secondary N) is 1. The summed E-state index contributed by atoms with van der Waals surface area (Å²) >= 11 is 0. The normalized spacial score (nSPS) is 10.2. The number of hydrogen-bond donors (Lipinski definition) is 1. The zero-order valence-electron chi connectivity index (χ0n) is 11.2. The van der Waals surface area contributed by atoms with Crippen molar-refractivity contribution in [2.24, 2.45) is 0 Å². The Morgan fingerprint density at radius 3 is 2.50 bits per heavy atom. The molecule has 94 valence electrons. The van der Waals surface area contributed by atoms with E-state index in [0.717, 1.165) is 11.4 Å². The van der Waals surface area contributed by atoms with Crippen molar-refractivity contribution in [2.75, 3.05) is 19.0 Å². The Morgan fingerprint density at radius 1 is 1.06 bits per heavy atom. The summed E-state index contributed by atoms with van der Waals surface area (Å²) in [5, 5.41) is 3.16. The fourth-order valence-corrected chi connectivity index (χ4v) is 2.00. The van der Waals surface area contributed by atoms with Crippen molar-refractivity contribution in [3.63, 3.8) is 0 Å². The molecule has 0 saturated carbocycles. The first-order valence-electron chi connectivity index (χ1n) is 6.26. The van der Waals surface area contributed by atoms with Crippen molar-refractivity contribution >= 4 is 5.69 Å². The molecular weight excluding hydrogens is 222 g/mol. The zero-order valence-corrected chi connectivity index (χ0v) is 11.2. The van der Waals surface area contributed by atoms with Crippen molar-refractivity contribution in [1.82, 2.24) is 0 Å². The van der Waals surface area contributed by atoms with E-state index in [-0.39, 0.29) is 0 Å². The Hall–Kier alpha value is -1.96. The van der Waals surface area contributed by atoms with Gasteiger partial charge in [0.1, 0.15) is 5.75 Å². The van der Waals surface area contributed by atoms with Gasteiger partial charge in [-0.3, -0.25) is 0 Å². The minimum absolute atomic E-state index is 0.704. The van der Waals surface area contributed by atoms with Gasteiger partial charge in [0.2, 0.25) is 0 Å². The molecule has 2 rings (SSSR count). The third kappa shape index (κ3) is 2.65. The molecular formula is C16H19NO. The molecule has 0 aliphatic rings. The van der Waals surface area contributed by atoms with Gasteiger partial charge in [-0.1, -0.05) is 18.2 Å². The first-order valence-corrected chi connectivity index (χ1v) is 6.26. The second-order valence-electron chi connectivity index (χ2n) is 4.24. The molecule has 0 aliphatic carbocycles. The van der Waals surface area contributed by atoms with Gasteiger partial charge in [-0.05, 0) is 54.8 Å². The summed E-state index contributed by atoms with van der Waals surface area (Å²) in [5.74, 6) is 0.964. The highest BCUT2D eigenvalue weighted by Gasteiger charge is 2.03. The fourth-order valence-electron chi connectivity index (χ4n) is 2.00. The third-order valence-corrected chi connectivity index (χ3v) is 2.96. The van der Waals surface area contributed by atoms with Gasteiger partial charge in [0.25, 0.3) is 0 Å². The van der Waals surface area contributed by atoms with Crippen LogP contribution in [0.4, 0.5) is 5.69 Å². The van der Waals surface area contributed by atoms with Gasteiger partial charge in [0, 0.05) is 12.7 Å². The van der Waals surface area contributed by atoms with Crippen LogP contribution in [0.3, 0.4) is 0 Å². The average Bonchev–Trinajstić information content (AvgIpc) is 2.41. The number of hydrogen-bond acceptors (Lipinski definition) is 2. The smallest absolute Gasteiger partial charge is 0.122 e. The van der Waals surface area contributed by atoms with Gasteiger partial charge in [0.05, 0.1) is 6.61 Å². The van der Waals surface area contributed by atoms with Crippen LogP contribution in [0.5, 0.6) is 5.75 Å². The lowest BCUT2D eigenvalue weighted by atomic mass is 10.0. The number of benzene rings is 2. The van der Waals surface area contributed by atoms with Crippen LogP contribution in [0, 0.1) is 6.92 Å². The molecule has 18 heavy (non-hydrogen) atoms. The molecule has 1 N–H and O–H groups in total. The van der Waals surface area contributed by atoms with E-state index in [1.54, 1.807) is 0 Å². The van der Waals surface area contributed by atoms with E-state index < -0.39 is 0 Å². The molecule has 0 aromatic heterocycles. The second-order valence-corrected chi connectivity index (χ2v) is 4.24. The van der Waals surface area contributed by atoms with Gasteiger partial charge >= 0.3 is 0 Å². The van der Waals surface area contributed by atoms with Crippen LogP contribution in [-0.4, -0.2) is 13.7 Å². The lowest BCUT2D eigenvalue weighted by molar-refractivity contribution is 0.338. The summed E-state index contributed by atoms with van der Waals surface area (Å²) in [6.45, 7) is 4.79. The molecule has 0 saturated heterocycles. The van der Waals surface area contributed by atoms with Crippen molar-refractivity contribution in [2.45, 2.75) is 13.8 Å². The summed E-state index contributed by atoms with van der Waals surface area (Å²) in [6.07, 6.45) is 0. The maximum absolute atomic E-state index is 5.56. The first-order chi connectivity index (χ1) is 8.74. The van der Waals surface area contributed by atoms with Crippen LogP contribution >= 0.6 is 0 Å². The Labute approximate surface area is 109 Å². The van der Waals surface area contributed by atoms with E-state index in [4.69, 9.17) is 4.74 Å². The molecule has 2 nitrogen and oxygen atoms in total. The lowest BCUT2D eigenvalue weighted by Crippen LogP contribution is -1.94. The van der Waals surface area contributed by atoms with Crippen LogP contribution in [0.15, 0.2) is 42.5 Å². The largest absolute Gasteiger partial charge is 0.494 e. The Bertz CT molecular complexity index is 534. The minimum Gasteiger partial charge on any atom is -0.494 e. The van der Waals surface area contributed by atoms with Gasteiger partial charge in [-0.25, -0.2) is 0 Å². The molecule has 2 aromatic carbocycles. The highest BCUT2D eigenvalue weighted by Crippen LogP contribution is 2.27. The summed E-state index contributed by atoms with van der Waals surface area (Å²) < 4.78 is 5.56. The number of aryl methyl sites for hydroxylation is 1. The van der Waals surface area contributed by atoms with Crippen LogP contribution < -0.4 is 10.1 Å². The Kier molecular flexibility index (Phi) is 3.88. The van der Waals surface area contributed by atoms with E-state index in [9.17, 15) is 0 Å². The van der Waals surface area contributed by atoms with Gasteiger partial charge < -0.3 is 10.1 Å². The standard InChI is InChI=1S/C16H19NO/c1-4-18-16-9-8-14(10-12(16)2)13-6-5-7-15(11-13)17-3/h5-11,17H,4H2,1-3H3. The second kappa shape index (κ2) is 5.58. The SMILES string of the molecule is CCOc1ccc(-c2cccc(NC)c2)cc1C. The predicted octanol–water partition coefficient (Wildman–Crippen LogP) is 4.10. The minimum atomic E-state index is 0.704. The monoisotopic (exact) mass is 241 g/mol. The fraction of sp³-hybridized carbons (Fsp3) is 0.250. The van der Waals surface area contributed by atoms with Crippen LogP contribution in [-0.2, 0) is 0 Å². The lowest BCUT2D eigenvalue weighted by Gasteiger charge is -2.10. The number of anilines is 1. The van der Waals surface area contributed by atoms with E-state index in [2.05, 4.69) is 48.6 Å². The van der Waals surface area contributed by atoms with E-state index >= 15 is 0 Å². The molecule has 0 heterocycles. The molecule has 2 aromatic rings. The molecule has 0 unspecified atom stereocenters. The summed E-state index contributed by atoms with van der Waals surface area (Å²) in [4.78, 5) is 0. The maximum Gasteiger partial charge on any atom is 0.122 e.